The minimum Gasteiger partial charge on any atom is -0.462 e. The van der Waals surface area contributed by atoms with Crippen LogP contribution in [-0.4, -0.2) is 32.6 Å². The molecule has 0 aliphatic rings. The highest BCUT2D eigenvalue weighted by atomic mass is 32.1. The third-order valence-corrected chi connectivity index (χ3v) is 5.82. The molecular weight excluding hydrogens is 394 g/mol. The van der Waals surface area contributed by atoms with Crippen LogP contribution in [0.5, 0.6) is 0 Å². The van der Waals surface area contributed by atoms with Crippen molar-refractivity contribution >= 4 is 45.2 Å². The Labute approximate surface area is 172 Å². The number of hydrogen-bond donors (Lipinski definition) is 1. The number of anilines is 2. The molecule has 0 saturated carbocycles. The van der Waals surface area contributed by atoms with Gasteiger partial charge in [0.15, 0.2) is 12.4 Å². The van der Waals surface area contributed by atoms with Gasteiger partial charge < -0.3 is 15.0 Å². The first kappa shape index (κ1) is 20.0. The second kappa shape index (κ2) is 8.99. The van der Waals surface area contributed by atoms with E-state index in [1.165, 1.54) is 11.3 Å². The first-order chi connectivity index (χ1) is 13.5. The Kier molecular flexibility index (Phi) is 6.43. The maximum Gasteiger partial charge on any atom is 0.341 e. The summed E-state index contributed by atoms with van der Waals surface area (Å²) in [4.78, 5) is 28.0. The molecule has 0 radical (unpaired) electrons. The second-order valence-corrected chi connectivity index (χ2v) is 8.05. The standard InChI is InChI=1S/C20H21N3O3S2/c1-4-26-20(25)18-15(16-6-5-11-27-16)13-28-19(18)21-17(24)12-23-9-7-14(8-10-23)22(2)3/h5-11,13H,4,12H2,1-3H3/p+1. The number of aromatic nitrogens is 1. The van der Waals surface area contributed by atoms with Gasteiger partial charge in [0, 0.05) is 47.7 Å². The molecule has 0 spiro atoms. The number of ether oxygens (including phenoxy) is 1. The number of esters is 1. The van der Waals surface area contributed by atoms with Crippen molar-refractivity contribution in [1.29, 1.82) is 0 Å². The van der Waals surface area contributed by atoms with Gasteiger partial charge in [0.05, 0.1) is 6.61 Å². The van der Waals surface area contributed by atoms with Gasteiger partial charge in [0.25, 0.3) is 5.91 Å². The van der Waals surface area contributed by atoms with Gasteiger partial charge in [0.2, 0.25) is 6.54 Å². The van der Waals surface area contributed by atoms with E-state index >= 15 is 0 Å². The van der Waals surface area contributed by atoms with Crippen LogP contribution in [0, 0.1) is 0 Å². The number of nitrogens with one attached hydrogen (secondary N) is 1. The highest BCUT2D eigenvalue weighted by Gasteiger charge is 2.24. The number of nitrogens with zero attached hydrogens (tertiary/aromatic N) is 2. The molecule has 8 heteroatoms. The molecule has 6 nitrogen and oxygen atoms in total. The molecule has 1 N–H and O–H groups in total. The zero-order chi connectivity index (χ0) is 20.1. The van der Waals surface area contributed by atoms with Crippen LogP contribution in [0.2, 0.25) is 0 Å². The zero-order valence-electron chi connectivity index (χ0n) is 16.0. The van der Waals surface area contributed by atoms with Crippen LogP contribution < -0.4 is 14.8 Å². The molecule has 0 aliphatic heterocycles. The minimum absolute atomic E-state index is 0.155. The van der Waals surface area contributed by atoms with Gasteiger partial charge in [-0.3, -0.25) is 4.79 Å². The summed E-state index contributed by atoms with van der Waals surface area (Å²) in [5.74, 6) is -0.627. The predicted molar refractivity (Wildman–Crippen MR) is 113 cm³/mol. The monoisotopic (exact) mass is 416 g/mol. The van der Waals surface area contributed by atoms with E-state index in [1.807, 2.05) is 66.4 Å². The Balaban J connectivity index is 1.79. The molecule has 3 aromatic heterocycles. The van der Waals surface area contributed by atoms with Crippen LogP contribution in [-0.2, 0) is 16.1 Å². The van der Waals surface area contributed by atoms with Crippen molar-refractivity contribution in [2.45, 2.75) is 13.5 Å². The van der Waals surface area contributed by atoms with E-state index in [9.17, 15) is 9.59 Å². The molecule has 0 saturated heterocycles. The quantitative estimate of drug-likeness (QED) is 0.472. The van der Waals surface area contributed by atoms with E-state index < -0.39 is 5.97 Å². The summed E-state index contributed by atoms with van der Waals surface area (Å²) in [6, 6.07) is 7.76. The summed E-state index contributed by atoms with van der Waals surface area (Å²) in [6.45, 7) is 2.20. The smallest absolute Gasteiger partial charge is 0.341 e. The van der Waals surface area contributed by atoms with Crippen molar-refractivity contribution in [3.05, 3.63) is 53.0 Å². The molecule has 146 valence electrons. The van der Waals surface area contributed by atoms with Gasteiger partial charge in [-0.1, -0.05) is 6.07 Å². The fourth-order valence-electron chi connectivity index (χ4n) is 2.65. The van der Waals surface area contributed by atoms with Crippen LogP contribution >= 0.6 is 22.7 Å². The SMILES string of the molecule is CCOC(=O)c1c(-c2cccs2)csc1NC(=O)C[n+]1ccc(N(C)C)cc1. The molecule has 0 fully saturated rings. The first-order valence-corrected chi connectivity index (χ1v) is 10.5. The van der Waals surface area contributed by atoms with Crippen molar-refractivity contribution in [2.75, 3.05) is 30.9 Å². The Morgan fingerprint density at radius 1 is 1.18 bits per heavy atom. The lowest BCUT2D eigenvalue weighted by Gasteiger charge is -2.10. The molecule has 0 unspecified atom stereocenters. The van der Waals surface area contributed by atoms with Crippen molar-refractivity contribution < 1.29 is 18.9 Å². The van der Waals surface area contributed by atoms with Crippen molar-refractivity contribution in [3.63, 3.8) is 0 Å². The van der Waals surface area contributed by atoms with Gasteiger partial charge in [0.1, 0.15) is 10.6 Å². The van der Waals surface area contributed by atoms with E-state index in [0.29, 0.717) is 10.6 Å². The van der Waals surface area contributed by atoms with E-state index in [-0.39, 0.29) is 19.1 Å². The van der Waals surface area contributed by atoms with Crippen molar-refractivity contribution in [3.8, 4) is 10.4 Å². The van der Waals surface area contributed by atoms with Gasteiger partial charge in [-0.15, -0.1) is 22.7 Å². The van der Waals surface area contributed by atoms with Crippen molar-refractivity contribution in [2.24, 2.45) is 0 Å². The fraction of sp³-hybridized carbons (Fsp3) is 0.250. The Morgan fingerprint density at radius 2 is 1.93 bits per heavy atom. The highest BCUT2D eigenvalue weighted by Crippen LogP contribution is 2.38. The number of carbonyl (C=O) groups is 2. The summed E-state index contributed by atoms with van der Waals surface area (Å²) in [5, 5.41) is 7.22. The van der Waals surface area contributed by atoms with Crippen molar-refractivity contribution in [1.82, 2.24) is 0 Å². The molecule has 0 atom stereocenters. The molecule has 0 aliphatic carbocycles. The molecule has 28 heavy (non-hydrogen) atoms. The summed E-state index contributed by atoms with van der Waals surface area (Å²) in [7, 11) is 3.93. The molecule has 3 rings (SSSR count). The van der Waals surface area contributed by atoms with E-state index in [0.717, 1.165) is 16.1 Å². The second-order valence-electron chi connectivity index (χ2n) is 6.22. The van der Waals surface area contributed by atoms with Crippen LogP contribution in [0.25, 0.3) is 10.4 Å². The largest absolute Gasteiger partial charge is 0.462 e. The van der Waals surface area contributed by atoms with E-state index in [2.05, 4.69) is 5.32 Å². The summed E-state index contributed by atoms with van der Waals surface area (Å²) in [5.41, 5.74) is 2.26. The summed E-state index contributed by atoms with van der Waals surface area (Å²) < 4.78 is 7.00. The van der Waals surface area contributed by atoms with Gasteiger partial charge in [-0.25, -0.2) is 4.79 Å². The Morgan fingerprint density at radius 3 is 2.54 bits per heavy atom. The number of rotatable bonds is 7. The maximum absolute atomic E-state index is 12.5. The number of pyridine rings is 1. The molecule has 3 aromatic rings. The van der Waals surface area contributed by atoms with Crippen LogP contribution in [0.4, 0.5) is 10.7 Å². The number of amides is 1. The summed E-state index contributed by atoms with van der Waals surface area (Å²) >= 11 is 2.87. The van der Waals surface area contributed by atoms with Gasteiger partial charge in [-0.2, -0.15) is 4.57 Å². The third kappa shape index (κ3) is 4.58. The average molecular weight is 417 g/mol. The normalized spacial score (nSPS) is 10.5. The van der Waals surface area contributed by atoms with Crippen LogP contribution in [0.3, 0.4) is 0 Å². The Bertz CT molecular complexity index is 948. The van der Waals surface area contributed by atoms with Crippen LogP contribution in [0.15, 0.2) is 47.4 Å². The minimum atomic E-state index is -0.426. The topological polar surface area (TPSA) is 62.5 Å². The lowest BCUT2D eigenvalue weighted by atomic mass is 10.1. The number of hydrogen-bond acceptors (Lipinski definition) is 6. The van der Waals surface area contributed by atoms with Crippen LogP contribution in [0.1, 0.15) is 17.3 Å². The molecule has 0 bridgehead atoms. The van der Waals surface area contributed by atoms with Gasteiger partial charge in [-0.05, 0) is 18.4 Å². The average Bonchev–Trinajstić information content (AvgIpc) is 3.31. The molecule has 0 aromatic carbocycles. The van der Waals surface area contributed by atoms with E-state index in [1.54, 1.807) is 22.8 Å². The number of carbonyl (C=O) groups excluding carboxylic acids is 2. The zero-order valence-corrected chi connectivity index (χ0v) is 17.6. The molecular formula is C20H22N3O3S2+. The van der Waals surface area contributed by atoms with Gasteiger partial charge >= 0.3 is 5.97 Å². The summed E-state index contributed by atoms with van der Waals surface area (Å²) in [6.07, 6.45) is 3.71. The third-order valence-electron chi connectivity index (χ3n) is 4.03. The Hall–Kier alpha value is -2.71. The molecule has 1 amide bonds. The lowest BCUT2D eigenvalue weighted by Crippen LogP contribution is -2.39. The highest BCUT2D eigenvalue weighted by molar-refractivity contribution is 7.17. The fourth-order valence-corrected chi connectivity index (χ4v) is 4.44. The maximum atomic E-state index is 12.5. The van der Waals surface area contributed by atoms with E-state index in [4.69, 9.17) is 4.74 Å². The molecule has 3 heterocycles. The lowest BCUT2D eigenvalue weighted by molar-refractivity contribution is -0.684. The first-order valence-electron chi connectivity index (χ1n) is 8.78. The predicted octanol–water partition coefficient (Wildman–Crippen LogP) is 3.65. The number of thiophene rings is 2.